The van der Waals surface area contributed by atoms with Crippen molar-refractivity contribution in [1.29, 1.82) is 0 Å². The molecule has 12 atom stereocenters. The molecule has 0 spiro atoms. The van der Waals surface area contributed by atoms with Crippen LogP contribution in [0.4, 0.5) is 0 Å². The summed E-state index contributed by atoms with van der Waals surface area (Å²) in [4.78, 5) is 25.4. The van der Waals surface area contributed by atoms with Crippen LogP contribution in [0.3, 0.4) is 0 Å². The fourth-order valence-electron chi connectivity index (χ4n) is 11.0. The standard InChI is InChI=1S/C30H46O7/c1-16-8-11-29(24(34)35)13-12-27(4)18(22(29)17(16)2)6-7-20-26(3)14-19(32)23(33)30(15-31,25(36)37)21(26)9-10-28(20,27)5/h6,16-17,19-23,31-33H,7-15H2,1-5H3,(H,34,35)(H,36,37)/t16-,17+,19-,20-,21-,22+,23-,26-,27-,28-,29+,30+/m1/s1. The topological polar surface area (TPSA) is 135 Å². The number of carboxylic acids is 2. The van der Waals surface area contributed by atoms with E-state index in [1.54, 1.807) is 0 Å². The molecule has 0 saturated heterocycles. The fourth-order valence-corrected chi connectivity index (χ4v) is 11.0. The summed E-state index contributed by atoms with van der Waals surface area (Å²) in [6.45, 7) is 10.5. The largest absolute Gasteiger partial charge is 0.481 e. The highest BCUT2D eigenvalue weighted by Gasteiger charge is 2.72. The average molecular weight is 519 g/mol. The van der Waals surface area contributed by atoms with Crippen LogP contribution in [0.2, 0.25) is 0 Å². The van der Waals surface area contributed by atoms with E-state index in [0.717, 1.165) is 19.3 Å². The highest BCUT2D eigenvalue weighted by molar-refractivity contribution is 5.77. The first-order valence-electron chi connectivity index (χ1n) is 14.3. The maximum Gasteiger partial charge on any atom is 0.315 e. The molecule has 0 unspecified atom stereocenters. The highest BCUT2D eigenvalue weighted by Crippen LogP contribution is 2.75. The number of aliphatic hydroxyl groups excluding tert-OH is 3. The molecule has 0 heterocycles. The SMILES string of the molecule is C[C@H]1[C@H](C)CC[C@]2(C(=O)O)CC[C@]3(C)C(=CC[C@@H]4[C@@]5(C)C[C@@H](O)[C@@H](O)[C@@](CO)(C(=O)O)[C@@H]5CC[C@]43C)[C@H]12. The maximum absolute atomic E-state index is 12.8. The average Bonchev–Trinajstić information content (AvgIpc) is 2.83. The molecule has 0 aliphatic heterocycles. The third-order valence-corrected chi connectivity index (χ3v) is 13.5. The van der Waals surface area contributed by atoms with Gasteiger partial charge < -0.3 is 25.5 Å². The van der Waals surface area contributed by atoms with E-state index in [2.05, 4.69) is 40.7 Å². The maximum atomic E-state index is 12.8. The molecule has 0 aromatic carbocycles. The van der Waals surface area contributed by atoms with Crippen LogP contribution in [-0.2, 0) is 9.59 Å². The highest BCUT2D eigenvalue weighted by atomic mass is 16.4. The minimum absolute atomic E-state index is 0.00914. The number of aliphatic hydroxyl groups is 3. The van der Waals surface area contributed by atoms with Gasteiger partial charge in [0.15, 0.2) is 0 Å². The predicted octanol–water partition coefficient (Wildman–Crippen LogP) is 4.10. The Balaban J connectivity index is 1.64. The molecule has 4 fully saturated rings. The summed E-state index contributed by atoms with van der Waals surface area (Å²) < 4.78 is 0. The molecule has 5 aliphatic carbocycles. The molecule has 0 bridgehead atoms. The number of carboxylic acid groups (broad SMARTS) is 2. The summed E-state index contributed by atoms with van der Waals surface area (Å²) in [6, 6.07) is 0. The number of aliphatic carboxylic acids is 2. The van der Waals surface area contributed by atoms with Crippen LogP contribution in [0.15, 0.2) is 11.6 Å². The minimum atomic E-state index is -1.79. The van der Waals surface area contributed by atoms with Crippen LogP contribution in [0.25, 0.3) is 0 Å². The lowest BCUT2D eigenvalue weighted by molar-refractivity contribution is -0.251. The number of allylic oxidation sites excluding steroid dienone is 2. The van der Waals surface area contributed by atoms with Crippen LogP contribution in [0.5, 0.6) is 0 Å². The third-order valence-electron chi connectivity index (χ3n) is 13.5. The molecule has 4 saturated carbocycles. The first-order chi connectivity index (χ1) is 17.2. The van der Waals surface area contributed by atoms with Gasteiger partial charge in [-0.3, -0.25) is 9.59 Å². The lowest BCUT2D eigenvalue weighted by Gasteiger charge is -2.71. The second-order valence-electron chi connectivity index (χ2n) is 14.3. The van der Waals surface area contributed by atoms with Gasteiger partial charge in [-0.2, -0.15) is 0 Å². The predicted molar refractivity (Wildman–Crippen MR) is 137 cm³/mol. The van der Waals surface area contributed by atoms with Crippen molar-refractivity contribution in [2.45, 2.75) is 98.2 Å². The minimum Gasteiger partial charge on any atom is -0.481 e. The summed E-state index contributed by atoms with van der Waals surface area (Å²) >= 11 is 0. The first kappa shape index (κ1) is 27.1. The number of fused-ring (bicyclic) bond motifs is 7. The second-order valence-corrected chi connectivity index (χ2v) is 14.3. The molecule has 7 heteroatoms. The molecule has 0 aromatic rings. The van der Waals surface area contributed by atoms with Gasteiger partial charge >= 0.3 is 11.9 Å². The summed E-state index contributed by atoms with van der Waals surface area (Å²) in [6.07, 6.45) is 4.94. The Morgan fingerprint density at radius 1 is 0.946 bits per heavy atom. The number of hydrogen-bond donors (Lipinski definition) is 5. The summed E-state index contributed by atoms with van der Waals surface area (Å²) in [7, 11) is 0. The van der Waals surface area contributed by atoms with Crippen LogP contribution >= 0.6 is 0 Å². The molecule has 208 valence electrons. The van der Waals surface area contributed by atoms with E-state index in [1.165, 1.54) is 5.57 Å². The van der Waals surface area contributed by atoms with Crippen LogP contribution < -0.4 is 0 Å². The van der Waals surface area contributed by atoms with Crippen molar-refractivity contribution in [1.82, 2.24) is 0 Å². The third kappa shape index (κ3) is 3.05. The monoisotopic (exact) mass is 518 g/mol. The summed E-state index contributed by atoms with van der Waals surface area (Å²) in [5.74, 6) is -1.61. The number of hydrogen-bond acceptors (Lipinski definition) is 5. The molecular weight excluding hydrogens is 472 g/mol. The molecule has 5 aliphatic rings. The lowest BCUT2D eigenvalue weighted by Crippen LogP contribution is -2.70. The Bertz CT molecular complexity index is 1020. The van der Waals surface area contributed by atoms with E-state index >= 15 is 0 Å². The van der Waals surface area contributed by atoms with Crippen molar-refractivity contribution in [3.05, 3.63) is 11.6 Å². The molecule has 0 radical (unpaired) electrons. The van der Waals surface area contributed by atoms with E-state index in [0.29, 0.717) is 38.0 Å². The van der Waals surface area contributed by atoms with Gasteiger partial charge in [0.1, 0.15) is 5.41 Å². The van der Waals surface area contributed by atoms with Crippen molar-refractivity contribution in [2.75, 3.05) is 6.61 Å². The quantitative estimate of drug-likeness (QED) is 0.355. The Morgan fingerprint density at radius 3 is 2.22 bits per heavy atom. The number of carbonyl (C=O) groups is 2. The Morgan fingerprint density at radius 2 is 1.62 bits per heavy atom. The van der Waals surface area contributed by atoms with Gasteiger partial charge in [0.05, 0.1) is 24.2 Å². The first-order valence-corrected chi connectivity index (χ1v) is 14.3. The Kier molecular flexibility index (Phi) is 6.07. The number of rotatable bonds is 3. The molecule has 37 heavy (non-hydrogen) atoms. The zero-order chi connectivity index (χ0) is 27.3. The van der Waals surface area contributed by atoms with E-state index in [1.807, 2.05) is 0 Å². The van der Waals surface area contributed by atoms with Crippen LogP contribution in [0, 0.1) is 56.7 Å². The summed E-state index contributed by atoms with van der Waals surface area (Å²) in [5.41, 5.74) is -2.26. The molecular formula is C30H46O7. The van der Waals surface area contributed by atoms with Crippen molar-refractivity contribution < 1.29 is 35.1 Å². The van der Waals surface area contributed by atoms with E-state index < -0.39 is 52.9 Å². The van der Waals surface area contributed by atoms with Crippen LogP contribution in [0.1, 0.15) is 86.0 Å². The van der Waals surface area contributed by atoms with Gasteiger partial charge in [-0.05, 0) is 97.2 Å². The van der Waals surface area contributed by atoms with Crippen molar-refractivity contribution >= 4 is 11.9 Å². The molecule has 0 aromatic heterocycles. The zero-order valence-electron chi connectivity index (χ0n) is 23.0. The van der Waals surface area contributed by atoms with Crippen molar-refractivity contribution in [3.8, 4) is 0 Å². The Hall–Kier alpha value is -1.44. The molecule has 5 rings (SSSR count). The van der Waals surface area contributed by atoms with Crippen LogP contribution in [-0.4, -0.2) is 56.3 Å². The smallest absolute Gasteiger partial charge is 0.315 e. The fraction of sp³-hybridized carbons (Fsp3) is 0.867. The lowest BCUT2D eigenvalue weighted by atomic mass is 9.33. The van der Waals surface area contributed by atoms with Crippen molar-refractivity contribution in [2.24, 2.45) is 56.7 Å². The van der Waals surface area contributed by atoms with Gasteiger partial charge in [0, 0.05) is 0 Å². The molecule has 5 N–H and O–H groups in total. The van der Waals surface area contributed by atoms with Gasteiger partial charge in [0.2, 0.25) is 0 Å². The summed E-state index contributed by atoms with van der Waals surface area (Å²) in [5, 5.41) is 53.1. The molecule has 0 amide bonds. The van der Waals surface area contributed by atoms with Gasteiger partial charge in [-0.25, -0.2) is 0 Å². The van der Waals surface area contributed by atoms with Crippen molar-refractivity contribution in [3.63, 3.8) is 0 Å². The van der Waals surface area contributed by atoms with E-state index in [9.17, 15) is 35.1 Å². The van der Waals surface area contributed by atoms with E-state index in [4.69, 9.17) is 0 Å². The van der Waals surface area contributed by atoms with Gasteiger partial charge in [0.25, 0.3) is 0 Å². The van der Waals surface area contributed by atoms with E-state index in [-0.39, 0.29) is 28.6 Å². The normalized spacial score (nSPS) is 55.1. The zero-order valence-corrected chi connectivity index (χ0v) is 23.0. The van der Waals surface area contributed by atoms with Gasteiger partial charge in [-0.1, -0.05) is 46.3 Å². The van der Waals surface area contributed by atoms with Gasteiger partial charge in [-0.15, -0.1) is 0 Å². The molecule has 7 nitrogen and oxygen atoms in total. The second kappa shape index (κ2) is 8.28. The Labute approximate surface area is 220 Å².